The Morgan fingerprint density at radius 1 is 1.31 bits per heavy atom. The third-order valence-corrected chi connectivity index (χ3v) is 2.93. The van der Waals surface area contributed by atoms with Gasteiger partial charge in [-0.15, -0.1) is 0 Å². The number of carboxylic acid groups (broad SMARTS) is 1. The molecule has 0 spiro atoms. The average Bonchev–Trinajstić information content (AvgIpc) is 2.02. The molecule has 0 amide bonds. The van der Waals surface area contributed by atoms with Crippen molar-refractivity contribution in [2.24, 2.45) is 17.8 Å². The highest BCUT2D eigenvalue weighted by Crippen LogP contribution is 2.34. The zero-order valence-electron chi connectivity index (χ0n) is 7.23. The van der Waals surface area contributed by atoms with Crippen LogP contribution in [-0.2, 0) is 14.3 Å². The second kappa shape index (κ2) is 3.10. The Morgan fingerprint density at radius 2 is 1.85 bits per heavy atom. The van der Waals surface area contributed by atoms with E-state index in [-0.39, 0.29) is 23.5 Å². The van der Waals surface area contributed by atoms with Crippen LogP contribution in [0, 0.1) is 17.8 Å². The maximum Gasteiger partial charge on any atom is 0.306 e. The molecule has 2 fully saturated rings. The molecule has 72 valence electrons. The van der Waals surface area contributed by atoms with Crippen LogP contribution in [0.1, 0.15) is 12.8 Å². The largest absolute Gasteiger partial charge is 0.481 e. The van der Waals surface area contributed by atoms with Gasteiger partial charge in [0.1, 0.15) is 5.78 Å². The van der Waals surface area contributed by atoms with Gasteiger partial charge in [-0.1, -0.05) is 0 Å². The summed E-state index contributed by atoms with van der Waals surface area (Å²) >= 11 is 0. The first-order valence-electron chi connectivity index (χ1n) is 4.52. The lowest BCUT2D eigenvalue weighted by molar-refractivity contribution is -0.153. The zero-order chi connectivity index (χ0) is 9.42. The van der Waals surface area contributed by atoms with E-state index in [2.05, 4.69) is 0 Å². The molecule has 1 aliphatic heterocycles. The molecule has 1 saturated carbocycles. The van der Waals surface area contributed by atoms with E-state index in [4.69, 9.17) is 9.84 Å². The predicted octanol–water partition coefficient (Wildman–Crippen LogP) is 0.313. The molecule has 0 unspecified atom stereocenters. The number of carbonyl (C=O) groups excluding carboxylic acids is 1. The molecule has 1 aliphatic carbocycles. The Morgan fingerprint density at radius 3 is 2.31 bits per heavy atom. The van der Waals surface area contributed by atoms with Crippen LogP contribution in [-0.4, -0.2) is 30.1 Å². The van der Waals surface area contributed by atoms with Crippen LogP contribution < -0.4 is 0 Å². The van der Waals surface area contributed by atoms with Gasteiger partial charge in [0.05, 0.1) is 19.1 Å². The molecule has 0 aromatic heterocycles. The van der Waals surface area contributed by atoms with Crippen LogP contribution in [0.3, 0.4) is 0 Å². The number of ketones is 1. The number of aliphatic carboxylic acids is 1. The first-order valence-corrected chi connectivity index (χ1v) is 4.52. The minimum Gasteiger partial charge on any atom is -0.481 e. The fraction of sp³-hybridized carbons (Fsp3) is 0.778. The Labute approximate surface area is 75.9 Å². The predicted molar refractivity (Wildman–Crippen MR) is 43.2 cm³/mol. The molecule has 2 bridgehead atoms. The van der Waals surface area contributed by atoms with Gasteiger partial charge in [-0.3, -0.25) is 9.59 Å². The number of hydrogen-bond acceptors (Lipinski definition) is 3. The van der Waals surface area contributed by atoms with E-state index in [0.29, 0.717) is 26.1 Å². The SMILES string of the molecule is O=C(O)C1C[C@@H]2COC[C@@H](C1)C2=O. The molecule has 4 heteroatoms. The van der Waals surface area contributed by atoms with Crippen LogP contribution in [0.25, 0.3) is 0 Å². The summed E-state index contributed by atoms with van der Waals surface area (Å²) in [4.78, 5) is 22.2. The normalized spacial score (nSPS) is 38.8. The van der Waals surface area contributed by atoms with Gasteiger partial charge in [-0.05, 0) is 12.8 Å². The second-order valence-corrected chi connectivity index (χ2v) is 3.84. The van der Waals surface area contributed by atoms with E-state index in [1.165, 1.54) is 0 Å². The van der Waals surface area contributed by atoms with Crippen LogP contribution in [0.15, 0.2) is 0 Å². The van der Waals surface area contributed by atoms with Crippen LogP contribution in [0.5, 0.6) is 0 Å². The summed E-state index contributed by atoms with van der Waals surface area (Å²) in [6, 6.07) is 0. The lowest BCUT2D eigenvalue weighted by atomic mass is 9.73. The van der Waals surface area contributed by atoms with E-state index in [1.807, 2.05) is 0 Å². The topological polar surface area (TPSA) is 63.6 Å². The van der Waals surface area contributed by atoms with Gasteiger partial charge in [0.2, 0.25) is 0 Å². The molecule has 2 atom stereocenters. The third kappa shape index (κ3) is 1.46. The highest BCUT2D eigenvalue weighted by atomic mass is 16.5. The number of ether oxygens (including phenoxy) is 1. The van der Waals surface area contributed by atoms with Gasteiger partial charge in [0.15, 0.2) is 0 Å². The number of Topliss-reactive ketones (excluding diaryl/α,β-unsaturated/α-hetero) is 1. The van der Waals surface area contributed by atoms with Crippen molar-refractivity contribution >= 4 is 11.8 Å². The van der Waals surface area contributed by atoms with Crippen molar-refractivity contribution in [2.75, 3.05) is 13.2 Å². The highest BCUT2D eigenvalue weighted by molar-refractivity contribution is 5.87. The van der Waals surface area contributed by atoms with Crippen molar-refractivity contribution in [1.29, 1.82) is 0 Å². The number of carbonyl (C=O) groups is 2. The van der Waals surface area contributed by atoms with Gasteiger partial charge in [0, 0.05) is 11.8 Å². The van der Waals surface area contributed by atoms with Gasteiger partial charge in [0.25, 0.3) is 0 Å². The van der Waals surface area contributed by atoms with E-state index in [0.717, 1.165) is 0 Å². The molecule has 2 rings (SSSR count). The summed E-state index contributed by atoms with van der Waals surface area (Å²) < 4.78 is 5.22. The molecule has 13 heavy (non-hydrogen) atoms. The maximum atomic E-state index is 11.5. The minimum atomic E-state index is -0.774. The maximum absolute atomic E-state index is 11.5. The van der Waals surface area contributed by atoms with E-state index in [1.54, 1.807) is 0 Å². The molecular formula is C9H12O4. The van der Waals surface area contributed by atoms with Crippen LogP contribution >= 0.6 is 0 Å². The van der Waals surface area contributed by atoms with E-state index >= 15 is 0 Å². The Bertz CT molecular complexity index is 232. The summed E-state index contributed by atoms with van der Waals surface area (Å²) in [6.07, 6.45) is 0.926. The van der Waals surface area contributed by atoms with E-state index < -0.39 is 5.97 Å². The molecule has 0 aromatic rings. The number of fused-ring (bicyclic) bond motifs is 2. The fourth-order valence-corrected chi connectivity index (χ4v) is 2.20. The summed E-state index contributed by atoms with van der Waals surface area (Å²) in [5.41, 5.74) is 0. The van der Waals surface area contributed by atoms with E-state index in [9.17, 15) is 9.59 Å². The molecular weight excluding hydrogens is 172 g/mol. The first kappa shape index (κ1) is 8.69. The van der Waals surface area contributed by atoms with Crippen molar-refractivity contribution < 1.29 is 19.4 Å². The highest BCUT2D eigenvalue weighted by Gasteiger charge is 2.41. The Hall–Kier alpha value is -0.900. The van der Waals surface area contributed by atoms with Crippen molar-refractivity contribution in [3.8, 4) is 0 Å². The van der Waals surface area contributed by atoms with Crippen molar-refractivity contribution in [3.05, 3.63) is 0 Å². The van der Waals surface area contributed by atoms with Crippen LogP contribution in [0.2, 0.25) is 0 Å². The smallest absolute Gasteiger partial charge is 0.306 e. The fourth-order valence-electron chi connectivity index (χ4n) is 2.20. The molecule has 1 heterocycles. The number of hydrogen-bond donors (Lipinski definition) is 1. The van der Waals surface area contributed by atoms with Gasteiger partial charge >= 0.3 is 5.97 Å². The summed E-state index contributed by atoms with van der Waals surface area (Å²) in [6.45, 7) is 0.832. The standard InChI is InChI=1S/C9H12O4/c10-8-6-1-5(9(11)12)2-7(8)4-13-3-6/h5-7H,1-4H2,(H,11,12)/t6-,7-/m1/s1. The quantitative estimate of drug-likeness (QED) is 0.637. The molecule has 1 saturated heterocycles. The molecule has 0 radical (unpaired) electrons. The molecule has 1 N–H and O–H groups in total. The van der Waals surface area contributed by atoms with Gasteiger partial charge in [-0.25, -0.2) is 0 Å². The average molecular weight is 184 g/mol. The number of carboxylic acids is 1. The summed E-state index contributed by atoms with van der Waals surface area (Å²) in [5.74, 6) is -1.22. The second-order valence-electron chi connectivity index (χ2n) is 3.84. The van der Waals surface area contributed by atoms with Crippen LogP contribution in [0.4, 0.5) is 0 Å². The zero-order valence-corrected chi connectivity index (χ0v) is 7.23. The summed E-state index contributed by atoms with van der Waals surface area (Å²) in [7, 11) is 0. The minimum absolute atomic E-state index is 0.159. The molecule has 4 nitrogen and oxygen atoms in total. The van der Waals surface area contributed by atoms with Gasteiger partial charge < -0.3 is 9.84 Å². The molecule has 0 aromatic carbocycles. The first-order chi connectivity index (χ1) is 6.18. The van der Waals surface area contributed by atoms with Gasteiger partial charge in [-0.2, -0.15) is 0 Å². The lowest BCUT2D eigenvalue weighted by Gasteiger charge is -2.35. The lowest BCUT2D eigenvalue weighted by Crippen LogP contribution is -2.44. The van der Waals surface area contributed by atoms with Crippen molar-refractivity contribution in [1.82, 2.24) is 0 Å². The molecule has 2 aliphatic rings. The van der Waals surface area contributed by atoms with Crippen molar-refractivity contribution in [2.45, 2.75) is 12.8 Å². The monoisotopic (exact) mass is 184 g/mol. The Balaban J connectivity index is 2.11. The van der Waals surface area contributed by atoms with Crippen molar-refractivity contribution in [3.63, 3.8) is 0 Å². The third-order valence-electron chi connectivity index (χ3n) is 2.93. The Kier molecular flexibility index (Phi) is 2.07. The summed E-state index contributed by atoms with van der Waals surface area (Å²) in [5, 5.41) is 8.83. The number of rotatable bonds is 1.